The van der Waals surface area contributed by atoms with Gasteiger partial charge in [0.1, 0.15) is 5.75 Å². The zero-order valence-corrected chi connectivity index (χ0v) is 30.4. The maximum Gasteiger partial charge on any atom is 0.335 e. The van der Waals surface area contributed by atoms with Crippen LogP contribution in [0.2, 0.25) is 5.04 Å². The molecule has 0 saturated carbocycles. The van der Waals surface area contributed by atoms with E-state index in [0.717, 1.165) is 10.4 Å². The highest BCUT2D eigenvalue weighted by Gasteiger charge is 2.72. The van der Waals surface area contributed by atoms with Gasteiger partial charge in [0.05, 0.1) is 39.5 Å². The number of amides is 1. The van der Waals surface area contributed by atoms with E-state index in [4.69, 9.17) is 23.4 Å². The summed E-state index contributed by atoms with van der Waals surface area (Å²) < 4.78 is 28.9. The minimum absolute atomic E-state index is 0.0133. The number of esters is 3. The van der Waals surface area contributed by atoms with Crippen LogP contribution in [0.3, 0.4) is 0 Å². The maximum atomic E-state index is 14.5. The molecule has 0 aromatic heterocycles. The SMILES string of the molecule is CCOC(=O)C(C(=O)OCC)[C@H]1C(=O)N(Cc2ccc(OC)cc2)[C@]1(CO[Si](c1ccccc1)(c1ccccc1)C(C)(C)C)C(=O)OCC. The molecule has 0 aliphatic carbocycles. The van der Waals surface area contributed by atoms with Crippen LogP contribution in [0, 0.1) is 11.8 Å². The summed E-state index contributed by atoms with van der Waals surface area (Å²) in [6, 6.07) is 26.8. The third kappa shape index (κ3) is 7.14. The van der Waals surface area contributed by atoms with Crippen molar-refractivity contribution in [1.82, 2.24) is 4.90 Å². The molecule has 0 unspecified atom stereocenters. The lowest BCUT2D eigenvalue weighted by Gasteiger charge is -2.57. The van der Waals surface area contributed by atoms with Crippen LogP contribution in [0.25, 0.3) is 0 Å². The quantitative estimate of drug-likeness (QED) is 0.0758. The number of β-lactam (4-membered cyclic amide) rings is 1. The van der Waals surface area contributed by atoms with Crippen LogP contribution in [-0.2, 0) is 44.4 Å². The first-order valence-electron chi connectivity index (χ1n) is 16.6. The summed E-state index contributed by atoms with van der Waals surface area (Å²) in [5.74, 6) is -5.92. The molecule has 1 aliphatic rings. The monoisotopic (exact) mass is 689 g/mol. The lowest BCUT2D eigenvalue weighted by molar-refractivity contribution is -0.208. The van der Waals surface area contributed by atoms with Crippen molar-refractivity contribution in [2.75, 3.05) is 33.5 Å². The zero-order chi connectivity index (χ0) is 35.8. The second-order valence-corrected chi connectivity index (χ2v) is 17.1. The van der Waals surface area contributed by atoms with E-state index in [1.54, 1.807) is 52.1 Å². The maximum absolute atomic E-state index is 14.5. The third-order valence-electron chi connectivity index (χ3n) is 9.00. The zero-order valence-electron chi connectivity index (χ0n) is 29.4. The highest BCUT2D eigenvalue weighted by atomic mass is 28.4. The Kier molecular flexibility index (Phi) is 12.1. The molecule has 3 aromatic carbocycles. The van der Waals surface area contributed by atoms with E-state index in [-0.39, 0.29) is 33.0 Å². The Balaban J connectivity index is 1.97. The molecule has 0 bridgehead atoms. The van der Waals surface area contributed by atoms with E-state index in [9.17, 15) is 19.2 Å². The van der Waals surface area contributed by atoms with Crippen molar-refractivity contribution in [3.05, 3.63) is 90.5 Å². The average molecular weight is 690 g/mol. The summed E-state index contributed by atoms with van der Waals surface area (Å²) in [5, 5.41) is 1.41. The number of carbonyl (C=O) groups excluding carboxylic acids is 4. The van der Waals surface area contributed by atoms with Crippen molar-refractivity contribution in [3.8, 4) is 5.75 Å². The van der Waals surface area contributed by atoms with E-state index in [1.807, 2.05) is 60.7 Å². The van der Waals surface area contributed by atoms with Gasteiger partial charge in [0.2, 0.25) is 5.91 Å². The van der Waals surface area contributed by atoms with Gasteiger partial charge in [0.15, 0.2) is 11.5 Å². The van der Waals surface area contributed by atoms with Gasteiger partial charge < -0.3 is 28.3 Å². The van der Waals surface area contributed by atoms with E-state index >= 15 is 0 Å². The van der Waals surface area contributed by atoms with Gasteiger partial charge in [-0.3, -0.25) is 14.4 Å². The molecule has 1 fully saturated rings. The van der Waals surface area contributed by atoms with Crippen molar-refractivity contribution in [2.24, 2.45) is 11.8 Å². The van der Waals surface area contributed by atoms with Gasteiger partial charge in [-0.05, 0) is 53.9 Å². The standard InChI is InChI=1S/C38H47NO9Si/c1-8-45-34(41)31(35(42)46-9-2)32-33(40)39(25-27-21-23-28(44-7)24-22-27)38(32,36(43)47-10-3)26-48-49(37(4,5)6,29-17-13-11-14-18-29)30-19-15-12-16-20-30/h11-24,31-32H,8-10,25-26H2,1-7H3/t32-,38-/m0/s1. The first kappa shape index (κ1) is 37.3. The molecule has 262 valence electrons. The smallest absolute Gasteiger partial charge is 0.335 e. The third-order valence-corrected chi connectivity index (χ3v) is 14.0. The van der Waals surface area contributed by atoms with Crippen LogP contribution in [0.1, 0.15) is 47.1 Å². The molecule has 1 saturated heterocycles. The van der Waals surface area contributed by atoms with Crippen molar-refractivity contribution >= 4 is 42.5 Å². The molecule has 11 heteroatoms. The molecule has 2 atom stereocenters. The molecule has 10 nitrogen and oxygen atoms in total. The first-order valence-corrected chi connectivity index (χ1v) is 18.5. The molecule has 49 heavy (non-hydrogen) atoms. The lowest BCUT2D eigenvalue weighted by atomic mass is 9.66. The van der Waals surface area contributed by atoms with E-state index in [0.29, 0.717) is 11.3 Å². The summed E-state index contributed by atoms with van der Waals surface area (Å²) in [6.07, 6.45) is 0. The Morgan fingerprint density at radius 1 is 0.776 bits per heavy atom. The molecule has 0 spiro atoms. The fourth-order valence-electron chi connectivity index (χ4n) is 6.75. The van der Waals surface area contributed by atoms with Crippen LogP contribution in [-0.4, -0.2) is 76.1 Å². The molecule has 0 N–H and O–H groups in total. The molecule has 3 aromatic rings. The number of rotatable bonds is 15. The number of methoxy groups -OCH3 is 1. The van der Waals surface area contributed by atoms with Crippen LogP contribution in [0.5, 0.6) is 5.75 Å². The fraction of sp³-hybridized carbons (Fsp3) is 0.421. The number of nitrogens with zero attached hydrogens (tertiary/aromatic N) is 1. The molecule has 1 aliphatic heterocycles. The van der Waals surface area contributed by atoms with Gasteiger partial charge in [0.25, 0.3) is 8.32 Å². The van der Waals surface area contributed by atoms with E-state index < -0.39 is 54.5 Å². The van der Waals surface area contributed by atoms with Crippen LogP contribution < -0.4 is 15.1 Å². The fourth-order valence-corrected chi connectivity index (χ4v) is 11.3. The molecular formula is C38H47NO9Si. The van der Waals surface area contributed by atoms with Crippen molar-refractivity contribution in [3.63, 3.8) is 0 Å². The topological polar surface area (TPSA) is 118 Å². The number of likely N-dealkylation sites (tertiary alicyclic amines) is 1. The number of benzene rings is 3. The summed E-state index contributed by atoms with van der Waals surface area (Å²) in [4.78, 5) is 57.3. The number of hydrogen-bond acceptors (Lipinski definition) is 9. The van der Waals surface area contributed by atoms with Gasteiger partial charge in [-0.15, -0.1) is 0 Å². The van der Waals surface area contributed by atoms with Crippen LogP contribution in [0.4, 0.5) is 0 Å². The van der Waals surface area contributed by atoms with Gasteiger partial charge in [0, 0.05) is 6.54 Å². The number of ether oxygens (including phenoxy) is 4. The van der Waals surface area contributed by atoms with Crippen molar-refractivity contribution in [2.45, 2.75) is 58.7 Å². The van der Waals surface area contributed by atoms with E-state index in [1.165, 1.54) is 4.90 Å². The molecular weight excluding hydrogens is 643 g/mol. The van der Waals surface area contributed by atoms with Crippen molar-refractivity contribution < 1.29 is 42.6 Å². The van der Waals surface area contributed by atoms with Gasteiger partial charge >= 0.3 is 17.9 Å². The predicted octanol–water partition coefficient (Wildman–Crippen LogP) is 4.27. The highest BCUT2D eigenvalue weighted by Crippen LogP contribution is 2.48. The first-order chi connectivity index (χ1) is 23.4. The van der Waals surface area contributed by atoms with Gasteiger partial charge in [-0.2, -0.15) is 0 Å². The molecule has 0 radical (unpaired) electrons. The summed E-state index contributed by atoms with van der Waals surface area (Å²) >= 11 is 0. The summed E-state index contributed by atoms with van der Waals surface area (Å²) in [7, 11) is -1.76. The summed E-state index contributed by atoms with van der Waals surface area (Å²) in [5.41, 5.74) is -1.21. The Morgan fingerprint density at radius 3 is 1.69 bits per heavy atom. The second kappa shape index (κ2) is 15.8. The highest BCUT2D eigenvalue weighted by molar-refractivity contribution is 6.99. The minimum Gasteiger partial charge on any atom is -0.497 e. The normalized spacial score (nSPS) is 17.7. The largest absolute Gasteiger partial charge is 0.497 e. The number of hydrogen-bond donors (Lipinski definition) is 0. The number of carbonyl (C=O) groups is 4. The predicted molar refractivity (Wildman–Crippen MR) is 187 cm³/mol. The Bertz CT molecular complexity index is 1530. The Hall–Kier alpha value is -4.48. The average Bonchev–Trinajstić information content (AvgIpc) is 3.09. The van der Waals surface area contributed by atoms with E-state index in [2.05, 4.69) is 20.8 Å². The van der Waals surface area contributed by atoms with Crippen molar-refractivity contribution in [1.29, 1.82) is 0 Å². The van der Waals surface area contributed by atoms with Gasteiger partial charge in [-0.25, -0.2) is 4.79 Å². The van der Waals surface area contributed by atoms with Gasteiger partial charge in [-0.1, -0.05) is 93.6 Å². The summed E-state index contributed by atoms with van der Waals surface area (Å²) in [6.45, 7) is 10.6. The Labute approximate surface area is 289 Å². The molecule has 1 amide bonds. The Morgan fingerprint density at radius 2 is 1.27 bits per heavy atom. The molecule has 4 rings (SSSR count). The second-order valence-electron chi connectivity index (χ2n) is 12.8. The minimum atomic E-state index is -3.31. The van der Waals surface area contributed by atoms with Crippen LogP contribution >= 0.6 is 0 Å². The lowest BCUT2D eigenvalue weighted by Crippen LogP contribution is -2.80. The van der Waals surface area contributed by atoms with Crippen LogP contribution in [0.15, 0.2) is 84.9 Å². The molecule has 1 heterocycles.